The number of amides is 1. The van der Waals surface area contributed by atoms with Gasteiger partial charge in [0.15, 0.2) is 0 Å². The molecule has 1 amide bonds. The van der Waals surface area contributed by atoms with Crippen molar-refractivity contribution in [3.05, 3.63) is 94.4 Å². The number of pyridine rings is 1. The first-order valence-corrected chi connectivity index (χ1v) is 11.6. The summed E-state index contributed by atoms with van der Waals surface area (Å²) in [5, 5.41) is 1.23. The van der Waals surface area contributed by atoms with Gasteiger partial charge in [-0.2, -0.15) is 0 Å². The molecule has 5 heteroatoms. The van der Waals surface area contributed by atoms with Crippen molar-refractivity contribution in [1.29, 1.82) is 0 Å². The molecule has 2 aliphatic rings. The van der Waals surface area contributed by atoms with Crippen molar-refractivity contribution in [2.75, 3.05) is 13.1 Å². The van der Waals surface area contributed by atoms with E-state index in [4.69, 9.17) is 0 Å². The summed E-state index contributed by atoms with van der Waals surface area (Å²) in [6.07, 6.45) is 1.03. The van der Waals surface area contributed by atoms with Crippen LogP contribution in [0.3, 0.4) is 0 Å². The Hall–Kier alpha value is -3.18. The third kappa shape index (κ3) is 3.12. The van der Waals surface area contributed by atoms with Crippen molar-refractivity contribution in [2.24, 2.45) is 5.92 Å². The van der Waals surface area contributed by atoms with E-state index in [9.17, 15) is 9.59 Å². The number of hydrogen-bond donors (Lipinski definition) is 0. The first-order chi connectivity index (χ1) is 15.2. The van der Waals surface area contributed by atoms with Crippen LogP contribution in [0.25, 0.3) is 20.5 Å². The van der Waals surface area contributed by atoms with Gasteiger partial charge in [0.2, 0.25) is 0 Å². The van der Waals surface area contributed by atoms with Crippen LogP contribution in [0.2, 0.25) is 0 Å². The average molecular weight is 427 g/mol. The van der Waals surface area contributed by atoms with Crippen LogP contribution >= 0.6 is 11.3 Å². The quantitative estimate of drug-likeness (QED) is 0.453. The number of benzene rings is 2. The summed E-state index contributed by atoms with van der Waals surface area (Å²) in [7, 11) is 0. The molecule has 4 aromatic rings. The van der Waals surface area contributed by atoms with E-state index in [1.54, 1.807) is 17.4 Å². The molecule has 0 N–H and O–H groups in total. The maximum Gasteiger partial charge on any atom is 0.253 e. The lowest BCUT2D eigenvalue weighted by molar-refractivity contribution is 0.0595. The van der Waals surface area contributed by atoms with Gasteiger partial charge in [-0.05, 0) is 48.1 Å². The molecule has 1 saturated heterocycles. The van der Waals surface area contributed by atoms with Crippen LogP contribution in [0.15, 0.2) is 77.6 Å². The molecule has 0 spiro atoms. The monoisotopic (exact) mass is 426 g/mol. The van der Waals surface area contributed by atoms with Crippen molar-refractivity contribution in [3.63, 3.8) is 0 Å². The first-order valence-electron chi connectivity index (χ1n) is 10.7. The molecular weight excluding hydrogens is 404 g/mol. The zero-order valence-electron chi connectivity index (χ0n) is 17.0. The van der Waals surface area contributed by atoms with Crippen molar-refractivity contribution in [3.8, 4) is 10.4 Å². The summed E-state index contributed by atoms with van der Waals surface area (Å²) in [6, 6.07) is 23.8. The fourth-order valence-electron chi connectivity index (χ4n) is 5.27. The van der Waals surface area contributed by atoms with Gasteiger partial charge in [-0.3, -0.25) is 9.59 Å². The van der Waals surface area contributed by atoms with E-state index in [0.29, 0.717) is 25.6 Å². The van der Waals surface area contributed by atoms with Gasteiger partial charge in [-0.15, -0.1) is 11.3 Å². The Kier molecular flexibility index (Phi) is 4.32. The van der Waals surface area contributed by atoms with E-state index < -0.39 is 0 Å². The Balaban J connectivity index is 1.43. The minimum atomic E-state index is 0.0670. The molecule has 0 aliphatic carbocycles. The minimum Gasteiger partial charge on any atom is -0.338 e. The van der Waals surface area contributed by atoms with Gasteiger partial charge in [0.25, 0.3) is 11.5 Å². The lowest BCUT2D eigenvalue weighted by Crippen LogP contribution is -2.49. The van der Waals surface area contributed by atoms with Crippen LogP contribution in [-0.4, -0.2) is 28.5 Å². The molecule has 0 saturated carbocycles. The molecule has 2 aliphatic heterocycles. The Morgan fingerprint density at radius 3 is 2.55 bits per heavy atom. The molecule has 4 heterocycles. The first kappa shape index (κ1) is 18.6. The minimum absolute atomic E-state index is 0.0670. The Morgan fingerprint density at radius 1 is 0.903 bits per heavy atom. The van der Waals surface area contributed by atoms with Crippen LogP contribution in [-0.2, 0) is 6.54 Å². The molecule has 4 nitrogen and oxygen atoms in total. The van der Waals surface area contributed by atoms with Gasteiger partial charge < -0.3 is 9.47 Å². The molecule has 0 radical (unpaired) electrons. The van der Waals surface area contributed by atoms with Gasteiger partial charge in [-0.25, -0.2) is 0 Å². The molecular formula is C26H22N2O2S. The number of rotatable bonds is 2. The number of piperidine rings is 1. The molecule has 31 heavy (non-hydrogen) atoms. The molecule has 1 fully saturated rings. The predicted octanol–water partition coefficient (Wildman–Crippen LogP) is 4.99. The standard InChI is InChI=1S/C26H22N2O2S/c29-24-11-10-21(23-13-19-8-4-5-9-22(19)31-23)25-20-12-17(15-28(24)25)14-27(16-20)26(30)18-6-2-1-3-7-18/h1-11,13,17,20H,12,14-16H2/t17-,20+/m0/s1. The zero-order chi connectivity index (χ0) is 20.9. The second-order valence-electron chi connectivity index (χ2n) is 8.60. The number of carbonyl (C=O) groups excluding carboxylic acids is 1. The van der Waals surface area contributed by atoms with Crippen LogP contribution in [0.4, 0.5) is 0 Å². The number of thiophene rings is 1. The number of nitrogens with zero attached hydrogens (tertiary/aromatic N) is 2. The number of carbonyl (C=O) groups is 1. The molecule has 2 aromatic heterocycles. The normalized spacial score (nSPS) is 19.9. The highest BCUT2D eigenvalue weighted by Gasteiger charge is 2.38. The Bertz CT molecular complexity index is 1320. The third-order valence-corrected chi connectivity index (χ3v) is 7.74. The van der Waals surface area contributed by atoms with E-state index in [-0.39, 0.29) is 17.4 Å². The molecule has 2 aromatic carbocycles. The van der Waals surface area contributed by atoms with Crippen LogP contribution in [0, 0.1) is 5.92 Å². The SMILES string of the molecule is O=C(c1ccccc1)N1C[C@@H]2C[C@H](C1)c1c(-c3cc4ccccc4s3)ccc(=O)n1C2. The van der Waals surface area contributed by atoms with Gasteiger partial charge in [0, 0.05) is 58.0 Å². The van der Waals surface area contributed by atoms with Crippen LogP contribution < -0.4 is 5.56 Å². The van der Waals surface area contributed by atoms with Gasteiger partial charge in [0.05, 0.1) is 0 Å². The van der Waals surface area contributed by atoms with Crippen LogP contribution in [0.5, 0.6) is 0 Å². The number of hydrogen-bond acceptors (Lipinski definition) is 3. The lowest BCUT2D eigenvalue weighted by Gasteiger charge is -2.43. The van der Waals surface area contributed by atoms with Crippen molar-refractivity contribution < 1.29 is 4.79 Å². The van der Waals surface area contributed by atoms with Crippen molar-refractivity contribution >= 4 is 27.3 Å². The topological polar surface area (TPSA) is 42.3 Å². The van der Waals surface area contributed by atoms with Gasteiger partial charge >= 0.3 is 0 Å². The highest BCUT2D eigenvalue weighted by atomic mass is 32.1. The summed E-state index contributed by atoms with van der Waals surface area (Å²) in [4.78, 5) is 29.1. The van der Waals surface area contributed by atoms with Crippen molar-refractivity contribution in [2.45, 2.75) is 18.9 Å². The average Bonchev–Trinajstić information content (AvgIpc) is 3.24. The number of likely N-dealkylation sites (tertiary alicyclic amines) is 1. The molecule has 2 atom stereocenters. The van der Waals surface area contributed by atoms with E-state index in [1.807, 2.05) is 45.9 Å². The Morgan fingerprint density at radius 2 is 1.71 bits per heavy atom. The van der Waals surface area contributed by atoms with Gasteiger partial charge in [0.1, 0.15) is 0 Å². The van der Waals surface area contributed by atoms with E-state index in [2.05, 4.69) is 30.3 Å². The fourth-order valence-corrected chi connectivity index (χ4v) is 6.36. The number of fused-ring (bicyclic) bond motifs is 5. The molecule has 2 bridgehead atoms. The molecule has 154 valence electrons. The summed E-state index contributed by atoms with van der Waals surface area (Å²) < 4.78 is 3.23. The summed E-state index contributed by atoms with van der Waals surface area (Å²) >= 11 is 1.77. The number of aromatic nitrogens is 1. The largest absolute Gasteiger partial charge is 0.338 e. The zero-order valence-corrected chi connectivity index (χ0v) is 17.8. The van der Waals surface area contributed by atoms with Gasteiger partial charge in [-0.1, -0.05) is 36.4 Å². The lowest BCUT2D eigenvalue weighted by atomic mass is 9.81. The van der Waals surface area contributed by atoms with E-state index >= 15 is 0 Å². The fraction of sp³-hybridized carbons (Fsp3) is 0.231. The van der Waals surface area contributed by atoms with E-state index in [0.717, 1.165) is 23.2 Å². The second kappa shape index (κ2) is 7.20. The van der Waals surface area contributed by atoms with Crippen LogP contribution in [0.1, 0.15) is 28.4 Å². The third-order valence-electron chi connectivity index (χ3n) is 6.59. The summed E-state index contributed by atoms with van der Waals surface area (Å²) in [5.41, 5.74) is 3.04. The van der Waals surface area contributed by atoms with Crippen molar-refractivity contribution in [1.82, 2.24) is 9.47 Å². The highest BCUT2D eigenvalue weighted by Crippen LogP contribution is 2.42. The smallest absolute Gasteiger partial charge is 0.253 e. The maximum atomic E-state index is 13.1. The van der Waals surface area contributed by atoms with E-state index in [1.165, 1.54) is 15.0 Å². The predicted molar refractivity (Wildman–Crippen MR) is 125 cm³/mol. The summed E-state index contributed by atoms with van der Waals surface area (Å²) in [5.74, 6) is 0.578. The molecule has 6 rings (SSSR count). The Labute approximate surface area is 184 Å². The highest BCUT2D eigenvalue weighted by molar-refractivity contribution is 7.22. The molecule has 0 unspecified atom stereocenters. The maximum absolute atomic E-state index is 13.1. The summed E-state index contributed by atoms with van der Waals surface area (Å²) in [6.45, 7) is 2.05. The second-order valence-corrected chi connectivity index (χ2v) is 9.69.